The summed E-state index contributed by atoms with van der Waals surface area (Å²) < 4.78 is 5.40. The van der Waals surface area contributed by atoms with Gasteiger partial charge in [-0.05, 0) is 26.2 Å². The predicted molar refractivity (Wildman–Crippen MR) is 62.6 cm³/mol. The summed E-state index contributed by atoms with van der Waals surface area (Å²) in [4.78, 5) is 24.1. The molecule has 1 amide bonds. The Bertz CT molecular complexity index is 280. The zero-order valence-corrected chi connectivity index (χ0v) is 10.5. The Hall–Kier alpha value is -1.10. The van der Waals surface area contributed by atoms with E-state index in [9.17, 15) is 9.59 Å². The highest BCUT2D eigenvalue weighted by Gasteiger charge is 2.27. The van der Waals surface area contributed by atoms with Crippen molar-refractivity contribution in [2.24, 2.45) is 5.92 Å². The van der Waals surface area contributed by atoms with Gasteiger partial charge in [0.2, 0.25) is 5.91 Å². The van der Waals surface area contributed by atoms with Crippen LogP contribution in [0.5, 0.6) is 0 Å². The van der Waals surface area contributed by atoms with E-state index >= 15 is 0 Å². The third-order valence-electron chi connectivity index (χ3n) is 3.09. The minimum atomic E-state index is -0.814. The summed E-state index contributed by atoms with van der Waals surface area (Å²) in [6.07, 6.45) is 2.30. The number of carbonyl (C=O) groups excluding carboxylic acids is 1. The van der Waals surface area contributed by atoms with Crippen LogP contribution in [0.3, 0.4) is 0 Å². The summed E-state index contributed by atoms with van der Waals surface area (Å²) in [7, 11) is 1.74. The van der Waals surface area contributed by atoms with Gasteiger partial charge >= 0.3 is 5.97 Å². The molecular formula is C12H21NO4. The van der Waals surface area contributed by atoms with Crippen LogP contribution in [0.25, 0.3) is 0 Å². The molecule has 0 aromatic carbocycles. The average Bonchev–Trinajstić information content (AvgIpc) is 2.27. The summed E-state index contributed by atoms with van der Waals surface area (Å²) in [6.45, 7) is 3.13. The van der Waals surface area contributed by atoms with Gasteiger partial charge < -0.3 is 14.7 Å². The highest BCUT2D eigenvalue weighted by atomic mass is 16.5. The number of hydrogen-bond donors (Lipinski definition) is 1. The zero-order valence-electron chi connectivity index (χ0n) is 10.5. The summed E-state index contributed by atoms with van der Waals surface area (Å²) in [5.74, 6) is -0.662. The fraction of sp³-hybridized carbons (Fsp3) is 0.833. The van der Waals surface area contributed by atoms with E-state index in [2.05, 4.69) is 0 Å². The third-order valence-corrected chi connectivity index (χ3v) is 3.09. The number of carboxylic acids is 1. The molecule has 5 nitrogen and oxygen atoms in total. The summed E-state index contributed by atoms with van der Waals surface area (Å²) in [5.41, 5.74) is 0. The molecule has 2 atom stereocenters. The molecule has 1 fully saturated rings. The van der Waals surface area contributed by atoms with E-state index in [4.69, 9.17) is 9.84 Å². The van der Waals surface area contributed by atoms with Crippen LogP contribution in [-0.2, 0) is 14.3 Å². The van der Waals surface area contributed by atoms with Crippen LogP contribution in [0.15, 0.2) is 0 Å². The van der Waals surface area contributed by atoms with Gasteiger partial charge in [0.25, 0.3) is 0 Å². The highest BCUT2D eigenvalue weighted by Crippen LogP contribution is 2.21. The van der Waals surface area contributed by atoms with Crippen molar-refractivity contribution in [3.63, 3.8) is 0 Å². The second-order valence-corrected chi connectivity index (χ2v) is 4.66. The van der Waals surface area contributed by atoms with Gasteiger partial charge in [-0.1, -0.05) is 0 Å². The lowest BCUT2D eigenvalue weighted by atomic mass is 9.95. The van der Waals surface area contributed by atoms with Gasteiger partial charge in [-0.3, -0.25) is 9.59 Å². The normalized spacial score (nSPS) is 24.4. The topological polar surface area (TPSA) is 66.8 Å². The van der Waals surface area contributed by atoms with Crippen molar-refractivity contribution in [2.45, 2.75) is 38.7 Å². The van der Waals surface area contributed by atoms with E-state index in [1.807, 2.05) is 6.92 Å². The SMILES string of the molecule is CC1CC(C(=O)N(C)CCCC(=O)O)CCO1. The Morgan fingerprint density at radius 2 is 2.18 bits per heavy atom. The molecule has 1 saturated heterocycles. The van der Waals surface area contributed by atoms with Crippen molar-refractivity contribution in [2.75, 3.05) is 20.2 Å². The lowest BCUT2D eigenvalue weighted by Gasteiger charge is -2.29. The van der Waals surface area contributed by atoms with Crippen LogP contribution in [0.2, 0.25) is 0 Å². The average molecular weight is 243 g/mol. The molecule has 0 bridgehead atoms. The maximum absolute atomic E-state index is 12.0. The Morgan fingerprint density at radius 3 is 2.76 bits per heavy atom. The molecule has 17 heavy (non-hydrogen) atoms. The molecule has 1 heterocycles. The number of nitrogens with zero attached hydrogens (tertiary/aromatic N) is 1. The monoisotopic (exact) mass is 243 g/mol. The lowest BCUT2D eigenvalue weighted by molar-refractivity contribution is -0.140. The molecule has 0 aromatic rings. The molecule has 98 valence electrons. The first-order valence-electron chi connectivity index (χ1n) is 6.09. The summed E-state index contributed by atoms with van der Waals surface area (Å²) in [6, 6.07) is 0. The Balaban J connectivity index is 2.32. The van der Waals surface area contributed by atoms with Crippen LogP contribution in [-0.4, -0.2) is 48.2 Å². The van der Waals surface area contributed by atoms with E-state index in [0.29, 0.717) is 19.6 Å². The molecule has 1 aliphatic rings. The molecule has 1 N–H and O–H groups in total. The van der Waals surface area contributed by atoms with E-state index in [1.54, 1.807) is 11.9 Å². The summed E-state index contributed by atoms with van der Waals surface area (Å²) >= 11 is 0. The number of aliphatic carboxylic acids is 1. The largest absolute Gasteiger partial charge is 0.481 e. The van der Waals surface area contributed by atoms with Gasteiger partial charge in [-0.15, -0.1) is 0 Å². The van der Waals surface area contributed by atoms with Crippen molar-refractivity contribution in [1.82, 2.24) is 4.90 Å². The third kappa shape index (κ3) is 4.73. The zero-order chi connectivity index (χ0) is 12.8. The fourth-order valence-corrected chi connectivity index (χ4v) is 2.11. The maximum atomic E-state index is 12.0. The molecule has 2 unspecified atom stereocenters. The van der Waals surface area contributed by atoms with Gasteiger partial charge in [0.05, 0.1) is 6.10 Å². The predicted octanol–water partition coefficient (Wildman–Crippen LogP) is 1.12. The van der Waals surface area contributed by atoms with Gasteiger partial charge in [0.15, 0.2) is 0 Å². The van der Waals surface area contributed by atoms with Crippen LogP contribution in [0.1, 0.15) is 32.6 Å². The van der Waals surface area contributed by atoms with E-state index < -0.39 is 5.97 Å². The maximum Gasteiger partial charge on any atom is 0.303 e. The molecule has 0 aromatic heterocycles. The second-order valence-electron chi connectivity index (χ2n) is 4.66. The number of carboxylic acid groups (broad SMARTS) is 1. The van der Waals surface area contributed by atoms with Crippen molar-refractivity contribution >= 4 is 11.9 Å². The Labute approximate surface area is 102 Å². The minimum absolute atomic E-state index is 0.0357. The standard InChI is InChI=1S/C12H21NO4/c1-9-8-10(5-7-17-9)12(16)13(2)6-3-4-11(14)15/h9-10H,3-8H2,1-2H3,(H,14,15). The van der Waals surface area contributed by atoms with E-state index in [1.165, 1.54) is 0 Å². The van der Waals surface area contributed by atoms with Gasteiger partial charge in [-0.2, -0.15) is 0 Å². The van der Waals surface area contributed by atoms with Crippen LogP contribution in [0, 0.1) is 5.92 Å². The van der Waals surface area contributed by atoms with Crippen LogP contribution in [0.4, 0.5) is 0 Å². The quantitative estimate of drug-likeness (QED) is 0.786. The molecule has 0 radical (unpaired) electrons. The number of amides is 1. The number of ether oxygens (including phenoxy) is 1. The minimum Gasteiger partial charge on any atom is -0.481 e. The smallest absolute Gasteiger partial charge is 0.303 e. The molecule has 0 spiro atoms. The van der Waals surface area contributed by atoms with E-state index in [0.717, 1.165) is 12.8 Å². The van der Waals surface area contributed by atoms with Gasteiger partial charge in [0, 0.05) is 32.5 Å². The molecule has 1 aliphatic heterocycles. The van der Waals surface area contributed by atoms with Crippen molar-refractivity contribution in [3.05, 3.63) is 0 Å². The number of rotatable bonds is 5. The number of hydrogen-bond acceptors (Lipinski definition) is 3. The van der Waals surface area contributed by atoms with Gasteiger partial charge in [0.1, 0.15) is 0 Å². The van der Waals surface area contributed by atoms with Crippen LogP contribution < -0.4 is 0 Å². The molecule has 0 saturated carbocycles. The van der Waals surface area contributed by atoms with Gasteiger partial charge in [-0.25, -0.2) is 0 Å². The molecular weight excluding hydrogens is 222 g/mol. The lowest BCUT2D eigenvalue weighted by Crippen LogP contribution is -2.38. The highest BCUT2D eigenvalue weighted by molar-refractivity contribution is 5.78. The van der Waals surface area contributed by atoms with Crippen molar-refractivity contribution in [1.29, 1.82) is 0 Å². The fourth-order valence-electron chi connectivity index (χ4n) is 2.11. The van der Waals surface area contributed by atoms with E-state index in [-0.39, 0.29) is 24.3 Å². The first kappa shape index (κ1) is 14.0. The Kier molecular flexibility index (Phi) is 5.41. The number of carbonyl (C=O) groups is 2. The first-order chi connectivity index (χ1) is 8.00. The van der Waals surface area contributed by atoms with Crippen molar-refractivity contribution < 1.29 is 19.4 Å². The van der Waals surface area contributed by atoms with Crippen LogP contribution >= 0.6 is 0 Å². The molecule has 0 aliphatic carbocycles. The van der Waals surface area contributed by atoms with Crippen molar-refractivity contribution in [3.8, 4) is 0 Å². The summed E-state index contributed by atoms with van der Waals surface area (Å²) in [5, 5.41) is 8.53. The second kappa shape index (κ2) is 6.59. The first-order valence-corrected chi connectivity index (χ1v) is 6.09. The molecule has 5 heteroatoms. The molecule has 1 rings (SSSR count). The Morgan fingerprint density at radius 1 is 1.47 bits per heavy atom.